The fourth-order valence-corrected chi connectivity index (χ4v) is 3.39. The Labute approximate surface area is 153 Å². The van der Waals surface area contributed by atoms with E-state index in [1.165, 1.54) is 11.0 Å². The molecule has 0 bridgehead atoms. The van der Waals surface area contributed by atoms with Gasteiger partial charge in [-0.25, -0.2) is 4.39 Å². The number of halogens is 1. The van der Waals surface area contributed by atoms with E-state index in [-0.39, 0.29) is 17.6 Å². The molecule has 142 valence electrons. The zero-order valence-corrected chi connectivity index (χ0v) is 15.2. The minimum absolute atomic E-state index is 0.230. The molecular formula is C19H26FN3O3. The Morgan fingerprint density at radius 3 is 2.81 bits per heavy atom. The van der Waals surface area contributed by atoms with Crippen molar-refractivity contribution in [1.82, 2.24) is 10.2 Å². The van der Waals surface area contributed by atoms with Crippen LogP contribution in [0.5, 0.6) is 0 Å². The van der Waals surface area contributed by atoms with E-state index in [2.05, 4.69) is 10.2 Å². The van der Waals surface area contributed by atoms with E-state index in [0.29, 0.717) is 30.8 Å². The number of carbonyl (C=O) groups is 2. The van der Waals surface area contributed by atoms with Crippen molar-refractivity contribution in [2.24, 2.45) is 5.92 Å². The number of morpholine rings is 1. The summed E-state index contributed by atoms with van der Waals surface area (Å²) in [6.45, 7) is 6.96. The second-order valence-corrected chi connectivity index (χ2v) is 6.86. The normalized spacial score (nSPS) is 21.2. The molecule has 0 spiro atoms. The van der Waals surface area contributed by atoms with Crippen LogP contribution in [0.3, 0.4) is 0 Å². The lowest BCUT2D eigenvalue weighted by molar-refractivity contribution is -0.132. The van der Waals surface area contributed by atoms with Crippen molar-refractivity contribution in [2.75, 3.05) is 50.8 Å². The molecule has 1 aromatic rings. The summed E-state index contributed by atoms with van der Waals surface area (Å²) in [5, 5.41) is 2.87. The van der Waals surface area contributed by atoms with Crippen molar-refractivity contribution in [3.05, 3.63) is 29.6 Å². The third-order valence-corrected chi connectivity index (χ3v) is 5.04. The summed E-state index contributed by atoms with van der Waals surface area (Å²) in [4.78, 5) is 28.7. The van der Waals surface area contributed by atoms with Gasteiger partial charge in [0.05, 0.1) is 13.2 Å². The van der Waals surface area contributed by atoms with Gasteiger partial charge in [0.2, 0.25) is 11.8 Å². The molecule has 2 fully saturated rings. The van der Waals surface area contributed by atoms with Crippen LogP contribution in [-0.4, -0.2) is 62.7 Å². The van der Waals surface area contributed by atoms with Gasteiger partial charge in [0.15, 0.2) is 0 Å². The summed E-state index contributed by atoms with van der Waals surface area (Å²) < 4.78 is 19.1. The molecule has 7 heteroatoms. The Morgan fingerprint density at radius 2 is 2.08 bits per heavy atom. The van der Waals surface area contributed by atoms with E-state index in [4.69, 9.17) is 4.74 Å². The summed E-state index contributed by atoms with van der Waals surface area (Å²) >= 11 is 0. The largest absolute Gasteiger partial charge is 0.379 e. The van der Waals surface area contributed by atoms with Gasteiger partial charge in [-0.05, 0) is 44.0 Å². The average Bonchev–Trinajstić information content (AvgIpc) is 3.03. The Morgan fingerprint density at radius 1 is 1.31 bits per heavy atom. The number of carbonyl (C=O) groups excluding carboxylic acids is 2. The number of hydrogen-bond donors (Lipinski definition) is 1. The fraction of sp³-hybridized carbons (Fsp3) is 0.579. The molecule has 1 N–H and O–H groups in total. The van der Waals surface area contributed by atoms with Crippen LogP contribution in [0.15, 0.2) is 18.2 Å². The van der Waals surface area contributed by atoms with E-state index in [9.17, 15) is 14.0 Å². The molecule has 6 nitrogen and oxygen atoms in total. The maximum Gasteiger partial charge on any atom is 0.239 e. The highest BCUT2D eigenvalue weighted by atomic mass is 19.1. The topological polar surface area (TPSA) is 61.9 Å². The van der Waals surface area contributed by atoms with Gasteiger partial charge in [-0.3, -0.25) is 14.5 Å². The molecule has 0 unspecified atom stereocenters. The van der Waals surface area contributed by atoms with Crippen molar-refractivity contribution in [3.8, 4) is 0 Å². The molecule has 26 heavy (non-hydrogen) atoms. The highest BCUT2D eigenvalue weighted by Crippen LogP contribution is 2.26. The molecule has 2 aliphatic rings. The van der Waals surface area contributed by atoms with Crippen LogP contribution in [-0.2, 0) is 14.3 Å². The van der Waals surface area contributed by atoms with Crippen LogP contribution >= 0.6 is 0 Å². The van der Waals surface area contributed by atoms with Crippen LogP contribution in [0, 0.1) is 18.7 Å². The maximum absolute atomic E-state index is 13.7. The van der Waals surface area contributed by atoms with Gasteiger partial charge < -0.3 is 15.0 Å². The van der Waals surface area contributed by atoms with Crippen molar-refractivity contribution < 1.29 is 18.7 Å². The molecule has 2 saturated heterocycles. The third kappa shape index (κ3) is 4.40. The minimum Gasteiger partial charge on any atom is -0.379 e. The maximum atomic E-state index is 13.7. The molecule has 1 atom stereocenters. The summed E-state index contributed by atoms with van der Waals surface area (Å²) in [6.07, 6.45) is 1.31. The number of aryl methyl sites for hydroxylation is 1. The average molecular weight is 363 g/mol. The predicted molar refractivity (Wildman–Crippen MR) is 96.5 cm³/mol. The number of hydrogen-bond acceptors (Lipinski definition) is 4. The zero-order valence-electron chi connectivity index (χ0n) is 15.2. The van der Waals surface area contributed by atoms with Gasteiger partial charge in [0.25, 0.3) is 0 Å². The monoisotopic (exact) mass is 363 g/mol. The van der Waals surface area contributed by atoms with Gasteiger partial charge in [-0.1, -0.05) is 6.07 Å². The summed E-state index contributed by atoms with van der Waals surface area (Å²) in [5.74, 6) is -1.50. The molecular weight excluding hydrogens is 337 g/mol. The molecule has 2 heterocycles. The number of ether oxygens (including phenoxy) is 1. The van der Waals surface area contributed by atoms with E-state index >= 15 is 0 Å². The molecule has 2 aliphatic heterocycles. The van der Waals surface area contributed by atoms with Crippen LogP contribution < -0.4 is 10.2 Å². The van der Waals surface area contributed by atoms with Crippen LogP contribution in [0.1, 0.15) is 18.4 Å². The fourth-order valence-electron chi connectivity index (χ4n) is 3.39. The summed E-state index contributed by atoms with van der Waals surface area (Å²) in [6, 6.07) is 4.73. The molecule has 0 aliphatic carbocycles. The lowest BCUT2D eigenvalue weighted by Gasteiger charge is -2.26. The molecule has 0 saturated carbocycles. The van der Waals surface area contributed by atoms with E-state index in [1.807, 2.05) is 0 Å². The van der Waals surface area contributed by atoms with E-state index in [0.717, 1.165) is 39.3 Å². The number of anilines is 1. The third-order valence-electron chi connectivity index (χ3n) is 5.04. The number of benzene rings is 1. The molecule has 3 rings (SSSR count). The van der Waals surface area contributed by atoms with Crippen molar-refractivity contribution in [3.63, 3.8) is 0 Å². The lowest BCUT2D eigenvalue weighted by Crippen LogP contribution is -2.40. The van der Waals surface area contributed by atoms with Gasteiger partial charge in [-0.2, -0.15) is 0 Å². The molecule has 1 aromatic carbocycles. The zero-order chi connectivity index (χ0) is 18.5. The summed E-state index contributed by atoms with van der Waals surface area (Å²) in [5.41, 5.74) is 1.05. The Kier molecular flexibility index (Phi) is 6.21. The summed E-state index contributed by atoms with van der Waals surface area (Å²) in [7, 11) is 0. The van der Waals surface area contributed by atoms with Crippen LogP contribution in [0.25, 0.3) is 0 Å². The first-order valence-corrected chi connectivity index (χ1v) is 9.21. The van der Waals surface area contributed by atoms with E-state index in [1.54, 1.807) is 19.1 Å². The van der Waals surface area contributed by atoms with E-state index < -0.39 is 5.92 Å². The Hall–Kier alpha value is -1.99. The van der Waals surface area contributed by atoms with Crippen LogP contribution in [0.4, 0.5) is 10.1 Å². The van der Waals surface area contributed by atoms with Crippen molar-refractivity contribution >= 4 is 17.5 Å². The standard InChI is InChI=1S/C19H26FN3O3/c1-14-3-4-15(13-17(14)20)23-8-5-16(19(23)25)18(24)21-6-2-7-22-9-11-26-12-10-22/h3-4,13,16H,2,5-12H2,1H3,(H,21,24)/t16-/m1/s1. The molecule has 2 amide bonds. The Bertz CT molecular complexity index is 661. The highest BCUT2D eigenvalue weighted by Gasteiger charge is 2.37. The smallest absolute Gasteiger partial charge is 0.239 e. The van der Waals surface area contributed by atoms with Crippen molar-refractivity contribution in [1.29, 1.82) is 0 Å². The first kappa shape index (κ1) is 18.8. The first-order valence-electron chi connectivity index (χ1n) is 9.21. The minimum atomic E-state index is -0.678. The first-order chi connectivity index (χ1) is 12.6. The quantitative estimate of drug-likeness (QED) is 0.612. The SMILES string of the molecule is Cc1ccc(N2CC[C@H](C(=O)NCCCN3CCOCC3)C2=O)cc1F. The van der Waals surface area contributed by atoms with Crippen molar-refractivity contribution in [2.45, 2.75) is 19.8 Å². The van der Waals surface area contributed by atoms with Crippen LogP contribution in [0.2, 0.25) is 0 Å². The Balaban J connectivity index is 1.46. The second kappa shape index (κ2) is 8.60. The number of amides is 2. The molecule has 0 radical (unpaired) electrons. The van der Waals surface area contributed by atoms with Gasteiger partial charge in [0.1, 0.15) is 11.7 Å². The second-order valence-electron chi connectivity index (χ2n) is 6.86. The van der Waals surface area contributed by atoms with Gasteiger partial charge in [0, 0.05) is 31.9 Å². The number of nitrogens with one attached hydrogen (secondary N) is 1. The van der Waals surface area contributed by atoms with Gasteiger partial charge >= 0.3 is 0 Å². The number of nitrogens with zero attached hydrogens (tertiary/aromatic N) is 2. The number of rotatable bonds is 6. The predicted octanol–water partition coefficient (Wildman–Crippen LogP) is 1.33. The van der Waals surface area contributed by atoms with Gasteiger partial charge in [-0.15, -0.1) is 0 Å². The highest BCUT2D eigenvalue weighted by molar-refractivity contribution is 6.09. The molecule has 0 aromatic heterocycles. The lowest BCUT2D eigenvalue weighted by atomic mass is 10.1.